The average Bonchev–Trinajstić information content (AvgIpc) is 2.18. The first-order valence-electron chi connectivity index (χ1n) is 6.01. The fourth-order valence-corrected chi connectivity index (χ4v) is 4.63. The van der Waals surface area contributed by atoms with Gasteiger partial charge in [-0.25, -0.2) is 0 Å². The van der Waals surface area contributed by atoms with E-state index in [4.69, 9.17) is 9.05 Å². The molecule has 0 unspecified atom stereocenters. The molecule has 0 radical (unpaired) electrons. The van der Waals surface area contributed by atoms with Crippen molar-refractivity contribution in [2.75, 3.05) is 0 Å². The zero-order chi connectivity index (χ0) is 13.8. The van der Waals surface area contributed by atoms with E-state index in [9.17, 15) is 4.57 Å². The Hall–Kier alpha value is 0.1000. The zero-order valence-corrected chi connectivity index (χ0v) is 14.3. The van der Waals surface area contributed by atoms with Gasteiger partial charge in [-0.05, 0) is 61.9 Å². The maximum atomic E-state index is 12.7. The lowest BCUT2D eigenvalue weighted by Gasteiger charge is -2.23. The SMILES string of the molecule is CC(C)OP(=O)(Cc1ccccc1I)OC(C)C. The van der Waals surface area contributed by atoms with E-state index in [0.717, 1.165) is 9.13 Å². The smallest absolute Gasteiger partial charge is 0.306 e. The molecule has 1 aromatic carbocycles. The molecule has 0 heterocycles. The van der Waals surface area contributed by atoms with Crippen LogP contribution in [-0.2, 0) is 19.8 Å². The number of hydrogen-bond donors (Lipinski definition) is 0. The van der Waals surface area contributed by atoms with Crippen molar-refractivity contribution in [2.45, 2.75) is 46.1 Å². The highest BCUT2D eigenvalue weighted by Gasteiger charge is 2.28. The lowest BCUT2D eigenvalue weighted by atomic mass is 10.2. The topological polar surface area (TPSA) is 35.5 Å². The van der Waals surface area contributed by atoms with Gasteiger partial charge in [0.25, 0.3) is 0 Å². The van der Waals surface area contributed by atoms with Gasteiger partial charge < -0.3 is 9.05 Å². The van der Waals surface area contributed by atoms with Crippen molar-refractivity contribution in [3.8, 4) is 0 Å². The Labute approximate surface area is 123 Å². The van der Waals surface area contributed by atoms with E-state index < -0.39 is 7.60 Å². The van der Waals surface area contributed by atoms with Crippen LogP contribution in [0.4, 0.5) is 0 Å². The van der Waals surface area contributed by atoms with Gasteiger partial charge >= 0.3 is 7.60 Å². The van der Waals surface area contributed by atoms with E-state index in [0.29, 0.717) is 6.16 Å². The lowest BCUT2D eigenvalue weighted by Crippen LogP contribution is -2.09. The van der Waals surface area contributed by atoms with Gasteiger partial charge in [0.2, 0.25) is 0 Å². The Kier molecular flexibility index (Phi) is 6.31. The summed E-state index contributed by atoms with van der Waals surface area (Å²) in [5.74, 6) is 0. The van der Waals surface area contributed by atoms with Crippen LogP contribution in [0.15, 0.2) is 24.3 Å². The quantitative estimate of drug-likeness (QED) is 0.522. The molecule has 18 heavy (non-hydrogen) atoms. The average molecular weight is 382 g/mol. The van der Waals surface area contributed by atoms with Gasteiger partial charge in [0.15, 0.2) is 0 Å². The highest BCUT2D eigenvalue weighted by Crippen LogP contribution is 2.53. The van der Waals surface area contributed by atoms with Crippen molar-refractivity contribution >= 4 is 30.2 Å². The fourth-order valence-electron chi connectivity index (χ4n) is 1.58. The monoisotopic (exact) mass is 382 g/mol. The van der Waals surface area contributed by atoms with Gasteiger partial charge in [0.05, 0.1) is 18.4 Å². The van der Waals surface area contributed by atoms with Crippen molar-refractivity contribution in [2.24, 2.45) is 0 Å². The van der Waals surface area contributed by atoms with Crippen LogP contribution in [0.2, 0.25) is 0 Å². The first-order valence-corrected chi connectivity index (χ1v) is 8.82. The minimum atomic E-state index is -3.09. The second-order valence-corrected chi connectivity index (χ2v) is 7.79. The van der Waals surface area contributed by atoms with Gasteiger partial charge in [0.1, 0.15) is 0 Å². The van der Waals surface area contributed by atoms with Crippen LogP contribution in [-0.4, -0.2) is 12.2 Å². The molecule has 102 valence electrons. The predicted molar refractivity (Wildman–Crippen MR) is 82.9 cm³/mol. The van der Waals surface area contributed by atoms with E-state index in [1.54, 1.807) is 0 Å². The van der Waals surface area contributed by atoms with E-state index in [2.05, 4.69) is 22.6 Å². The molecule has 0 amide bonds. The maximum Gasteiger partial charge on any atom is 0.335 e. The summed E-state index contributed by atoms with van der Waals surface area (Å²) in [4.78, 5) is 0. The number of hydrogen-bond acceptors (Lipinski definition) is 3. The summed E-state index contributed by atoms with van der Waals surface area (Å²) in [6.45, 7) is 7.47. The maximum absolute atomic E-state index is 12.7. The summed E-state index contributed by atoms with van der Waals surface area (Å²) in [5.41, 5.74) is 1.00. The minimum absolute atomic E-state index is 0.115. The number of halogens is 1. The molecule has 0 saturated carbocycles. The summed E-state index contributed by atoms with van der Waals surface area (Å²) in [6, 6.07) is 7.85. The molecule has 0 fully saturated rings. The predicted octanol–water partition coefficient (Wildman–Crippen LogP) is 4.83. The van der Waals surface area contributed by atoms with Crippen molar-refractivity contribution in [1.82, 2.24) is 0 Å². The van der Waals surface area contributed by atoms with Gasteiger partial charge in [-0.15, -0.1) is 0 Å². The van der Waals surface area contributed by atoms with Gasteiger partial charge in [-0.3, -0.25) is 4.57 Å². The molecule has 0 aliphatic carbocycles. The highest BCUT2D eigenvalue weighted by atomic mass is 127. The Balaban J connectivity index is 2.91. The highest BCUT2D eigenvalue weighted by molar-refractivity contribution is 14.1. The largest absolute Gasteiger partial charge is 0.335 e. The molecule has 0 bridgehead atoms. The van der Waals surface area contributed by atoms with E-state index in [-0.39, 0.29) is 12.2 Å². The first kappa shape index (κ1) is 16.2. The van der Waals surface area contributed by atoms with Gasteiger partial charge in [0, 0.05) is 3.57 Å². The standard InChI is InChI=1S/C13H20IO3P/c1-10(2)16-18(15,17-11(3)4)9-12-7-5-6-8-13(12)14/h5-8,10-11H,9H2,1-4H3. The van der Waals surface area contributed by atoms with Crippen LogP contribution in [0.25, 0.3) is 0 Å². The Morgan fingerprint density at radius 3 is 2.06 bits per heavy atom. The Morgan fingerprint density at radius 1 is 1.11 bits per heavy atom. The molecular weight excluding hydrogens is 362 g/mol. The molecule has 0 spiro atoms. The summed E-state index contributed by atoms with van der Waals surface area (Å²) < 4.78 is 24.9. The minimum Gasteiger partial charge on any atom is -0.306 e. The fraction of sp³-hybridized carbons (Fsp3) is 0.538. The Bertz CT molecular complexity index is 418. The van der Waals surface area contributed by atoms with Crippen molar-refractivity contribution in [1.29, 1.82) is 0 Å². The van der Waals surface area contributed by atoms with Crippen LogP contribution in [0.1, 0.15) is 33.3 Å². The summed E-state index contributed by atoms with van der Waals surface area (Å²) in [6.07, 6.45) is 0.0922. The number of benzene rings is 1. The number of rotatable bonds is 6. The normalized spacial score (nSPS) is 12.4. The van der Waals surface area contributed by atoms with Crippen LogP contribution < -0.4 is 0 Å². The molecule has 3 nitrogen and oxygen atoms in total. The molecule has 5 heteroatoms. The van der Waals surface area contributed by atoms with Crippen LogP contribution in [0.3, 0.4) is 0 Å². The van der Waals surface area contributed by atoms with Crippen molar-refractivity contribution < 1.29 is 13.6 Å². The molecular formula is C13H20IO3P. The van der Waals surface area contributed by atoms with Crippen LogP contribution in [0.5, 0.6) is 0 Å². The summed E-state index contributed by atoms with van der Waals surface area (Å²) >= 11 is 2.24. The molecule has 0 aliphatic heterocycles. The molecule has 1 rings (SSSR count). The van der Waals surface area contributed by atoms with Gasteiger partial charge in [-0.1, -0.05) is 18.2 Å². The second kappa shape index (κ2) is 7.04. The van der Waals surface area contributed by atoms with E-state index in [1.807, 2.05) is 52.0 Å². The zero-order valence-electron chi connectivity index (χ0n) is 11.2. The lowest BCUT2D eigenvalue weighted by molar-refractivity contribution is 0.141. The molecule has 0 N–H and O–H groups in total. The molecule has 0 aromatic heterocycles. The third kappa shape index (κ3) is 5.39. The second-order valence-electron chi connectivity index (χ2n) is 4.67. The van der Waals surface area contributed by atoms with Gasteiger partial charge in [-0.2, -0.15) is 0 Å². The molecule has 0 atom stereocenters. The first-order chi connectivity index (χ1) is 8.32. The van der Waals surface area contributed by atoms with Crippen LogP contribution >= 0.6 is 30.2 Å². The molecule has 0 aliphatic rings. The molecule has 0 saturated heterocycles. The van der Waals surface area contributed by atoms with Crippen molar-refractivity contribution in [3.05, 3.63) is 33.4 Å². The van der Waals surface area contributed by atoms with E-state index in [1.165, 1.54) is 0 Å². The third-order valence-corrected chi connectivity index (χ3v) is 5.33. The summed E-state index contributed by atoms with van der Waals surface area (Å²) in [7, 11) is -3.09. The van der Waals surface area contributed by atoms with Crippen molar-refractivity contribution in [3.63, 3.8) is 0 Å². The molecule has 1 aromatic rings. The summed E-state index contributed by atoms with van der Waals surface area (Å²) in [5, 5.41) is 0. The van der Waals surface area contributed by atoms with E-state index >= 15 is 0 Å². The van der Waals surface area contributed by atoms with Crippen LogP contribution in [0, 0.1) is 3.57 Å². The third-order valence-electron chi connectivity index (χ3n) is 2.06. The Morgan fingerprint density at radius 2 is 1.61 bits per heavy atom.